The average molecular weight is 495 g/mol. The lowest BCUT2D eigenvalue weighted by Gasteiger charge is -2.50. The van der Waals surface area contributed by atoms with E-state index in [0.717, 1.165) is 17.5 Å². The monoisotopic (exact) mass is 494 g/mol. The highest BCUT2D eigenvalue weighted by molar-refractivity contribution is 5.78. The molecule has 196 valence electrons. The quantitative estimate of drug-likeness (QED) is 0.607. The first kappa shape index (κ1) is 26.6. The van der Waals surface area contributed by atoms with Crippen LogP contribution in [0.2, 0.25) is 0 Å². The number of amides is 1. The third kappa shape index (κ3) is 5.57. The Morgan fingerprint density at radius 1 is 1.22 bits per heavy atom. The van der Waals surface area contributed by atoms with Crippen molar-refractivity contribution in [1.82, 2.24) is 14.5 Å². The standard InChI is InChI=1S/C29H42N4O3/c1-21(15-22-9-5-4-6-10-22)27(35)32-14-13-29(36,28(2,3)18-32)19-33-20-31-25(16-26(33)34)24-12-8-7-11-23(24)17-30/h7-8,11-12,16,20-22,36H,4-6,9-10,13-15,17-19,30H2,1-3H3/t21-,29?/m1/s1. The molecule has 0 radical (unpaired) electrons. The molecule has 2 aromatic rings. The molecule has 1 saturated heterocycles. The van der Waals surface area contributed by atoms with E-state index in [0.29, 0.717) is 37.7 Å². The van der Waals surface area contributed by atoms with E-state index in [4.69, 9.17) is 5.73 Å². The highest BCUT2D eigenvalue weighted by atomic mass is 16.3. The van der Waals surface area contributed by atoms with Gasteiger partial charge in [-0.2, -0.15) is 0 Å². The molecule has 2 aliphatic rings. The summed E-state index contributed by atoms with van der Waals surface area (Å²) in [6.07, 6.45) is 9.26. The summed E-state index contributed by atoms with van der Waals surface area (Å²) in [5, 5.41) is 11.7. The Labute approximate surface area is 214 Å². The molecule has 1 saturated carbocycles. The fourth-order valence-electron chi connectivity index (χ4n) is 6.10. The molecule has 1 aromatic heterocycles. The maximum atomic E-state index is 13.3. The Bertz CT molecular complexity index is 1120. The second-order valence-corrected chi connectivity index (χ2v) is 11.7. The maximum absolute atomic E-state index is 13.3. The van der Waals surface area contributed by atoms with Crippen molar-refractivity contribution in [1.29, 1.82) is 0 Å². The van der Waals surface area contributed by atoms with E-state index in [-0.39, 0.29) is 23.9 Å². The maximum Gasteiger partial charge on any atom is 0.253 e. The van der Waals surface area contributed by atoms with E-state index in [1.807, 2.05) is 43.0 Å². The van der Waals surface area contributed by atoms with Crippen molar-refractivity contribution in [2.45, 2.75) is 84.4 Å². The van der Waals surface area contributed by atoms with E-state index in [1.165, 1.54) is 49.1 Å². The number of likely N-dealkylation sites (tertiary alicyclic amines) is 1. The van der Waals surface area contributed by atoms with E-state index < -0.39 is 11.0 Å². The molecule has 7 nitrogen and oxygen atoms in total. The van der Waals surface area contributed by atoms with Crippen LogP contribution in [0.15, 0.2) is 41.5 Å². The van der Waals surface area contributed by atoms with Gasteiger partial charge in [-0.25, -0.2) is 4.98 Å². The van der Waals surface area contributed by atoms with E-state index in [1.54, 1.807) is 0 Å². The Hall–Kier alpha value is -2.51. The first-order valence-electron chi connectivity index (χ1n) is 13.5. The number of hydrogen-bond acceptors (Lipinski definition) is 5. The van der Waals surface area contributed by atoms with Crippen LogP contribution in [0.3, 0.4) is 0 Å². The minimum atomic E-state index is -1.13. The fraction of sp³-hybridized carbons (Fsp3) is 0.621. The van der Waals surface area contributed by atoms with Crippen molar-refractivity contribution in [3.05, 3.63) is 52.6 Å². The van der Waals surface area contributed by atoms with Gasteiger partial charge in [-0.05, 0) is 24.3 Å². The normalized spacial score (nSPS) is 23.4. The molecule has 2 heterocycles. The number of carbonyl (C=O) groups is 1. The number of nitrogens with two attached hydrogens (primary N) is 1. The largest absolute Gasteiger partial charge is 0.387 e. The zero-order chi connectivity index (χ0) is 25.9. The summed E-state index contributed by atoms with van der Waals surface area (Å²) < 4.78 is 1.49. The number of aromatic nitrogens is 2. The predicted octanol–water partition coefficient (Wildman–Crippen LogP) is 3.97. The summed E-state index contributed by atoms with van der Waals surface area (Å²) in [5.41, 5.74) is 6.29. The van der Waals surface area contributed by atoms with Crippen molar-refractivity contribution < 1.29 is 9.90 Å². The van der Waals surface area contributed by atoms with Gasteiger partial charge >= 0.3 is 0 Å². The number of carbonyl (C=O) groups excluding carboxylic acids is 1. The van der Waals surface area contributed by atoms with Crippen molar-refractivity contribution in [2.24, 2.45) is 23.0 Å². The van der Waals surface area contributed by atoms with E-state index in [2.05, 4.69) is 11.9 Å². The number of piperidine rings is 1. The molecule has 1 aliphatic heterocycles. The van der Waals surface area contributed by atoms with Crippen LogP contribution in [-0.4, -0.2) is 44.2 Å². The van der Waals surface area contributed by atoms with Gasteiger partial charge in [-0.3, -0.25) is 14.2 Å². The van der Waals surface area contributed by atoms with Gasteiger partial charge in [0.05, 0.1) is 24.2 Å². The van der Waals surface area contributed by atoms with Crippen molar-refractivity contribution >= 4 is 5.91 Å². The molecule has 2 atom stereocenters. The van der Waals surface area contributed by atoms with Gasteiger partial charge in [0, 0.05) is 42.6 Å². The number of benzene rings is 1. The number of rotatable bonds is 7. The zero-order valence-electron chi connectivity index (χ0n) is 22.1. The first-order chi connectivity index (χ1) is 17.1. The van der Waals surface area contributed by atoms with Crippen molar-refractivity contribution in [2.75, 3.05) is 13.1 Å². The average Bonchev–Trinajstić information content (AvgIpc) is 2.87. The van der Waals surface area contributed by atoms with Crippen LogP contribution in [0.1, 0.15) is 71.3 Å². The molecule has 3 N–H and O–H groups in total. The smallest absolute Gasteiger partial charge is 0.253 e. The Balaban J connectivity index is 1.44. The van der Waals surface area contributed by atoms with E-state index in [9.17, 15) is 14.7 Å². The van der Waals surface area contributed by atoms with Crippen molar-refractivity contribution in [3.63, 3.8) is 0 Å². The lowest BCUT2D eigenvalue weighted by atomic mass is 9.69. The summed E-state index contributed by atoms with van der Waals surface area (Å²) in [7, 11) is 0. The highest BCUT2D eigenvalue weighted by Crippen LogP contribution is 2.40. The summed E-state index contributed by atoms with van der Waals surface area (Å²) in [6.45, 7) is 7.51. The minimum absolute atomic E-state index is 0.00542. The second-order valence-electron chi connectivity index (χ2n) is 11.7. The molecule has 1 amide bonds. The van der Waals surface area contributed by atoms with Crippen LogP contribution in [-0.2, 0) is 17.9 Å². The number of hydrogen-bond donors (Lipinski definition) is 2. The van der Waals surface area contributed by atoms with Crippen LogP contribution in [0.5, 0.6) is 0 Å². The summed E-state index contributed by atoms with van der Waals surface area (Å²) in [6, 6.07) is 9.17. The van der Waals surface area contributed by atoms with Gasteiger partial charge in [-0.15, -0.1) is 0 Å². The topological polar surface area (TPSA) is 101 Å². The Kier molecular flexibility index (Phi) is 8.00. The summed E-state index contributed by atoms with van der Waals surface area (Å²) in [5.74, 6) is 0.856. The molecule has 0 spiro atoms. The summed E-state index contributed by atoms with van der Waals surface area (Å²) >= 11 is 0. The van der Waals surface area contributed by atoms with Crippen molar-refractivity contribution in [3.8, 4) is 11.3 Å². The molecule has 7 heteroatoms. The van der Waals surface area contributed by atoms with Crippen LogP contribution in [0, 0.1) is 17.3 Å². The van der Waals surface area contributed by atoms with Gasteiger partial charge in [0.2, 0.25) is 5.91 Å². The van der Waals surface area contributed by atoms with Crippen LogP contribution < -0.4 is 11.3 Å². The van der Waals surface area contributed by atoms with Gasteiger partial charge < -0.3 is 15.7 Å². The number of aliphatic hydroxyl groups is 1. The third-order valence-electron chi connectivity index (χ3n) is 8.61. The molecule has 1 aromatic carbocycles. The lowest BCUT2D eigenvalue weighted by molar-refractivity contribution is -0.157. The molecular formula is C29H42N4O3. The molecule has 4 rings (SSSR count). The fourth-order valence-corrected chi connectivity index (χ4v) is 6.10. The number of nitrogens with zero attached hydrogens (tertiary/aromatic N) is 3. The van der Waals surface area contributed by atoms with Gasteiger partial charge in [-0.1, -0.05) is 77.1 Å². The van der Waals surface area contributed by atoms with Crippen LogP contribution in [0.25, 0.3) is 11.3 Å². The highest BCUT2D eigenvalue weighted by Gasteiger charge is 2.49. The second kappa shape index (κ2) is 10.9. The SMILES string of the molecule is C[C@H](CC1CCCCC1)C(=O)N1CCC(O)(Cn2cnc(-c3ccccc3CN)cc2=O)C(C)(C)C1. The zero-order valence-corrected chi connectivity index (χ0v) is 22.1. The third-order valence-corrected chi connectivity index (χ3v) is 8.61. The van der Waals surface area contributed by atoms with Crippen LogP contribution >= 0.6 is 0 Å². The lowest BCUT2D eigenvalue weighted by Crippen LogP contribution is -2.61. The Morgan fingerprint density at radius 2 is 1.94 bits per heavy atom. The molecule has 1 unspecified atom stereocenters. The molecule has 2 fully saturated rings. The van der Waals surface area contributed by atoms with Gasteiger partial charge in [0.15, 0.2) is 0 Å². The molecule has 36 heavy (non-hydrogen) atoms. The van der Waals surface area contributed by atoms with Gasteiger partial charge in [0.25, 0.3) is 5.56 Å². The minimum Gasteiger partial charge on any atom is -0.387 e. The molecular weight excluding hydrogens is 452 g/mol. The van der Waals surface area contributed by atoms with Crippen LogP contribution in [0.4, 0.5) is 0 Å². The molecule has 1 aliphatic carbocycles. The molecule has 0 bridgehead atoms. The van der Waals surface area contributed by atoms with E-state index >= 15 is 0 Å². The first-order valence-corrected chi connectivity index (χ1v) is 13.5. The predicted molar refractivity (Wildman–Crippen MR) is 142 cm³/mol. The van der Waals surface area contributed by atoms with Gasteiger partial charge in [0.1, 0.15) is 0 Å². The summed E-state index contributed by atoms with van der Waals surface area (Å²) in [4.78, 5) is 32.7. The Morgan fingerprint density at radius 3 is 2.61 bits per heavy atom.